The van der Waals surface area contributed by atoms with Gasteiger partial charge in [0, 0.05) is 6.42 Å². The molecule has 0 unspecified atom stereocenters. The van der Waals surface area contributed by atoms with Gasteiger partial charge in [0.1, 0.15) is 0 Å². The van der Waals surface area contributed by atoms with Crippen LogP contribution in [0.3, 0.4) is 0 Å². The minimum atomic E-state index is -0.736. The van der Waals surface area contributed by atoms with Crippen molar-refractivity contribution in [3.63, 3.8) is 0 Å². The summed E-state index contributed by atoms with van der Waals surface area (Å²) in [7, 11) is 0. The van der Waals surface area contributed by atoms with Crippen LogP contribution in [0.2, 0.25) is 0 Å². The summed E-state index contributed by atoms with van der Waals surface area (Å²) in [4.78, 5) is 10.6. The molecule has 0 spiro atoms. The molecule has 24 heavy (non-hydrogen) atoms. The lowest BCUT2D eigenvalue weighted by atomic mass is 10.1. The highest BCUT2D eigenvalue weighted by atomic mass is 16.4. The molecule has 0 aromatic heterocycles. The first-order chi connectivity index (χ1) is 11.7. The molecule has 0 aliphatic heterocycles. The van der Waals surface area contributed by atoms with Crippen molar-refractivity contribution in [2.75, 3.05) is 0 Å². The Morgan fingerprint density at radius 2 is 1.50 bits per heavy atom. The summed E-state index contributed by atoms with van der Waals surface area (Å²) in [6.07, 6.45) is 18.7. The summed E-state index contributed by atoms with van der Waals surface area (Å²) in [5.41, 5.74) is 2.29. The van der Waals surface area contributed by atoms with Crippen LogP contribution in [0.25, 0.3) is 6.08 Å². The summed E-state index contributed by atoms with van der Waals surface area (Å²) in [5, 5.41) is 8.69. The predicted molar refractivity (Wildman–Crippen MR) is 103 cm³/mol. The van der Waals surface area contributed by atoms with Gasteiger partial charge < -0.3 is 5.11 Å². The number of benzene rings is 1. The monoisotopic (exact) mass is 330 g/mol. The third-order valence-electron chi connectivity index (χ3n) is 4.39. The molecule has 1 aromatic carbocycles. The Morgan fingerprint density at radius 3 is 2.08 bits per heavy atom. The number of hydrogen-bond acceptors (Lipinski definition) is 1. The van der Waals surface area contributed by atoms with Crippen molar-refractivity contribution in [2.24, 2.45) is 0 Å². The van der Waals surface area contributed by atoms with Crippen LogP contribution < -0.4 is 0 Å². The molecule has 2 heteroatoms. The van der Waals surface area contributed by atoms with Crippen molar-refractivity contribution in [1.29, 1.82) is 0 Å². The molecule has 0 saturated heterocycles. The van der Waals surface area contributed by atoms with Gasteiger partial charge in [-0.05, 0) is 30.4 Å². The molecule has 0 atom stereocenters. The van der Waals surface area contributed by atoms with Crippen molar-refractivity contribution in [2.45, 2.75) is 84.0 Å². The fourth-order valence-corrected chi connectivity index (χ4v) is 2.84. The third-order valence-corrected chi connectivity index (χ3v) is 4.39. The molecule has 2 nitrogen and oxygen atoms in total. The van der Waals surface area contributed by atoms with Crippen LogP contribution in [0.1, 0.15) is 88.7 Å². The Hall–Kier alpha value is -1.57. The Morgan fingerprint density at radius 1 is 0.917 bits per heavy atom. The highest BCUT2D eigenvalue weighted by Crippen LogP contribution is 2.12. The Bertz CT molecular complexity index is 459. The van der Waals surface area contributed by atoms with Gasteiger partial charge in [-0.2, -0.15) is 0 Å². The molecule has 134 valence electrons. The van der Waals surface area contributed by atoms with Crippen molar-refractivity contribution in [3.05, 3.63) is 41.5 Å². The second-order valence-electron chi connectivity index (χ2n) is 6.65. The molecule has 1 rings (SSSR count). The molecular formula is C22H34O2. The van der Waals surface area contributed by atoms with E-state index in [1.165, 1.54) is 63.4 Å². The lowest BCUT2D eigenvalue weighted by Gasteiger charge is -2.01. The van der Waals surface area contributed by atoms with E-state index in [1.54, 1.807) is 0 Å². The Kier molecular flexibility index (Phi) is 11.8. The Balaban J connectivity index is 2.05. The van der Waals surface area contributed by atoms with Crippen molar-refractivity contribution in [3.8, 4) is 0 Å². The third kappa shape index (κ3) is 11.0. The van der Waals surface area contributed by atoms with Gasteiger partial charge in [-0.25, -0.2) is 0 Å². The average molecular weight is 331 g/mol. The van der Waals surface area contributed by atoms with Crippen LogP contribution in [0.5, 0.6) is 0 Å². The maximum absolute atomic E-state index is 10.6. The van der Waals surface area contributed by atoms with Gasteiger partial charge in [0.2, 0.25) is 0 Å². The number of rotatable bonds is 14. The van der Waals surface area contributed by atoms with Crippen LogP contribution in [0.4, 0.5) is 0 Å². The van der Waals surface area contributed by atoms with E-state index < -0.39 is 5.97 Å². The summed E-state index contributed by atoms with van der Waals surface area (Å²) in [5.74, 6) is -0.736. The van der Waals surface area contributed by atoms with E-state index in [4.69, 9.17) is 5.11 Å². The number of aryl methyl sites for hydroxylation is 1. The van der Waals surface area contributed by atoms with E-state index in [2.05, 4.69) is 31.2 Å². The van der Waals surface area contributed by atoms with Crippen molar-refractivity contribution >= 4 is 12.0 Å². The summed E-state index contributed by atoms with van der Waals surface area (Å²) in [6.45, 7) is 2.27. The number of carbonyl (C=O) groups is 1. The minimum Gasteiger partial charge on any atom is -0.481 e. The standard InChI is InChI=1S/C22H34O2/c1-2-3-4-5-6-7-8-9-10-11-12-13-20-14-16-21(17-15-20)18-19-22(23)24/h12-17H,2-11,18-19H2,1H3,(H,23,24)/b13-12+. The van der Waals surface area contributed by atoms with Crippen LogP contribution in [0, 0.1) is 0 Å². The average Bonchev–Trinajstić information content (AvgIpc) is 2.59. The number of unbranched alkanes of at least 4 members (excludes halogenated alkanes) is 9. The molecule has 0 amide bonds. The zero-order valence-electron chi connectivity index (χ0n) is 15.3. The largest absolute Gasteiger partial charge is 0.481 e. The first kappa shape index (κ1) is 20.5. The lowest BCUT2D eigenvalue weighted by Crippen LogP contribution is -1.97. The molecule has 0 saturated carbocycles. The van der Waals surface area contributed by atoms with Gasteiger partial charge >= 0.3 is 5.97 Å². The van der Waals surface area contributed by atoms with E-state index in [-0.39, 0.29) is 6.42 Å². The zero-order chi connectivity index (χ0) is 17.5. The maximum atomic E-state index is 10.6. The van der Waals surface area contributed by atoms with Crippen LogP contribution >= 0.6 is 0 Å². The van der Waals surface area contributed by atoms with E-state index in [0.29, 0.717) is 6.42 Å². The SMILES string of the molecule is CCCCCCCCCCC/C=C/c1ccc(CCC(=O)O)cc1. The molecule has 1 N–H and O–H groups in total. The van der Waals surface area contributed by atoms with Crippen molar-refractivity contribution < 1.29 is 9.90 Å². The van der Waals surface area contributed by atoms with Gasteiger partial charge in [0.05, 0.1) is 0 Å². The van der Waals surface area contributed by atoms with E-state index in [1.807, 2.05) is 12.1 Å². The van der Waals surface area contributed by atoms with Crippen LogP contribution in [-0.2, 0) is 11.2 Å². The quantitative estimate of drug-likeness (QED) is 0.388. The number of allylic oxidation sites excluding steroid dienone is 1. The van der Waals surface area contributed by atoms with Gasteiger partial charge in [-0.1, -0.05) is 94.7 Å². The number of aliphatic carboxylic acids is 1. The molecular weight excluding hydrogens is 296 g/mol. The molecule has 0 heterocycles. The van der Waals surface area contributed by atoms with Gasteiger partial charge in [0.15, 0.2) is 0 Å². The molecule has 1 aromatic rings. The zero-order valence-corrected chi connectivity index (χ0v) is 15.3. The number of carboxylic acids is 1. The maximum Gasteiger partial charge on any atom is 0.303 e. The fourth-order valence-electron chi connectivity index (χ4n) is 2.84. The van der Waals surface area contributed by atoms with E-state index >= 15 is 0 Å². The molecule has 0 bridgehead atoms. The highest BCUT2D eigenvalue weighted by molar-refractivity contribution is 5.67. The lowest BCUT2D eigenvalue weighted by molar-refractivity contribution is -0.136. The number of carboxylic acid groups (broad SMARTS) is 1. The van der Waals surface area contributed by atoms with Crippen LogP contribution in [-0.4, -0.2) is 11.1 Å². The smallest absolute Gasteiger partial charge is 0.303 e. The van der Waals surface area contributed by atoms with E-state index in [9.17, 15) is 4.79 Å². The minimum absolute atomic E-state index is 0.202. The number of hydrogen-bond donors (Lipinski definition) is 1. The summed E-state index contributed by atoms with van der Waals surface area (Å²) >= 11 is 0. The predicted octanol–water partition coefficient (Wildman–Crippen LogP) is 6.64. The first-order valence-corrected chi connectivity index (χ1v) is 9.69. The second-order valence-corrected chi connectivity index (χ2v) is 6.65. The summed E-state index contributed by atoms with van der Waals surface area (Å²) in [6, 6.07) is 8.20. The molecule has 0 radical (unpaired) electrons. The van der Waals surface area contributed by atoms with Gasteiger partial charge in [-0.15, -0.1) is 0 Å². The normalized spacial score (nSPS) is 11.2. The van der Waals surface area contributed by atoms with Gasteiger partial charge in [-0.3, -0.25) is 4.79 Å². The molecule has 0 aliphatic rings. The molecule has 0 fully saturated rings. The highest BCUT2D eigenvalue weighted by Gasteiger charge is 1.98. The Labute approximate surface area is 148 Å². The van der Waals surface area contributed by atoms with Crippen molar-refractivity contribution in [1.82, 2.24) is 0 Å². The fraction of sp³-hybridized carbons (Fsp3) is 0.591. The topological polar surface area (TPSA) is 37.3 Å². The summed E-state index contributed by atoms with van der Waals surface area (Å²) < 4.78 is 0. The second kappa shape index (κ2) is 13.8. The first-order valence-electron chi connectivity index (χ1n) is 9.69. The van der Waals surface area contributed by atoms with Crippen LogP contribution in [0.15, 0.2) is 30.3 Å². The molecule has 0 aliphatic carbocycles. The van der Waals surface area contributed by atoms with Gasteiger partial charge in [0.25, 0.3) is 0 Å². The van der Waals surface area contributed by atoms with E-state index in [0.717, 1.165) is 12.0 Å².